The van der Waals surface area contributed by atoms with Crippen LogP contribution in [0.15, 0.2) is 60.7 Å². The zero-order chi connectivity index (χ0) is 22.1. The smallest absolute Gasteiger partial charge is 0.338 e. The van der Waals surface area contributed by atoms with Crippen LogP contribution in [-0.2, 0) is 4.74 Å². The van der Waals surface area contributed by atoms with Gasteiger partial charge in [-0.3, -0.25) is 5.10 Å². The summed E-state index contributed by atoms with van der Waals surface area (Å²) in [5.41, 5.74) is 6.57. The van der Waals surface area contributed by atoms with Crippen LogP contribution in [0.5, 0.6) is 0 Å². The van der Waals surface area contributed by atoms with Crippen molar-refractivity contribution in [1.29, 1.82) is 0 Å². The van der Waals surface area contributed by atoms with Crippen molar-refractivity contribution in [1.82, 2.24) is 20.1 Å². The second-order valence-corrected chi connectivity index (χ2v) is 8.04. The second kappa shape index (κ2) is 8.43. The van der Waals surface area contributed by atoms with Crippen molar-refractivity contribution in [3.05, 3.63) is 66.2 Å². The van der Waals surface area contributed by atoms with Crippen LogP contribution in [0.2, 0.25) is 0 Å². The fourth-order valence-corrected chi connectivity index (χ4v) is 4.14. The summed E-state index contributed by atoms with van der Waals surface area (Å²) >= 11 is 0. The standard InChI is InChI=1S/C25H25N5O2/c1-29-13-15-30(16-14-29)18-9-7-17(8-10-18)23-24-22(27-28-23)12-11-21(26-24)19-5-3-4-6-20(19)25(31)32-2/h3-12H,13-16H2,1-2H3,(H,27,28). The highest BCUT2D eigenvalue weighted by atomic mass is 16.5. The number of hydrogen-bond acceptors (Lipinski definition) is 6. The van der Waals surface area contributed by atoms with Gasteiger partial charge in [0.2, 0.25) is 0 Å². The summed E-state index contributed by atoms with van der Waals surface area (Å²) in [5, 5.41) is 7.60. The molecule has 0 radical (unpaired) electrons. The van der Waals surface area contributed by atoms with Crippen LogP contribution in [0.25, 0.3) is 33.5 Å². The fraction of sp³-hybridized carbons (Fsp3) is 0.240. The first-order chi connectivity index (χ1) is 15.6. The van der Waals surface area contributed by atoms with Gasteiger partial charge in [-0.1, -0.05) is 30.3 Å². The SMILES string of the molecule is COC(=O)c1ccccc1-c1ccc2[nH]nc(-c3ccc(N4CCN(C)CC4)cc3)c2n1. The fourth-order valence-electron chi connectivity index (χ4n) is 4.14. The number of rotatable bonds is 4. The van der Waals surface area contributed by atoms with Gasteiger partial charge in [0.25, 0.3) is 0 Å². The predicted molar refractivity (Wildman–Crippen MR) is 126 cm³/mol. The quantitative estimate of drug-likeness (QED) is 0.499. The number of ether oxygens (including phenoxy) is 1. The number of H-pyrrole nitrogens is 1. The summed E-state index contributed by atoms with van der Waals surface area (Å²) < 4.78 is 4.94. The number of nitrogens with zero attached hydrogens (tertiary/aromatic N) is 4. The van der Waals surface area contributed by atoms with E-state index < -0.39 is 0 Å². The number of carbonyl (C=O) groups is 1. The van der Waals surface area contributed by atoms with E-state index in [0.29, 0.717) is 11.3 Å². The molecule has 0 amide bonds. The number of aromatic amines is 1. The number of likely N-dealkylation sites (N-methyl/N-ethyl adjacent to an activating group) is 1. The Morgan fingerprint density at radius 2 is 1.72 bits per heavy atom. The van der Waals surface area contributed by atoms with Crippen molar-refractivity contribution < 1.29 is 9.53 Å². The number of nitrogens with one attached hydrogen (secondary N) is 1. The van der Waals surface area contributed by atoms with Crippen molar-refractivity contribution in [2.24, 2.45) is 0 Å². The van der Waals surface area contributed by atoms with E-state index in [4.69, 9.17) is 9.72 Å². The lowest BCUT2D eigenvalue weighted by atomic mass is 10.0. The van der Waals surface area contributed by atoms with Crippen LogP contribution in [0.1, 0.15) is 10.4 Å². The minimum absolute atomic E-state index is 0.380. The third-order valence-electron chi connectivity index (χ3n) is 6.03. The Bertz CT molecular complexity index is 1260. The molecule has 4 aromatic rings. The van der Waals surface area contributed by atoms with Crippen LogP contribution in [-0.4, -0.2) is 66.4 Å². The normalized spacial score (nSPS) is 14.6. The number of hydrogen-bond donors (Lipinski definition) is 1. The van der Waals surface area contributed by atoms with Gasteiger partial charge in [0, 0.05) is 43.0 Å². The minimum Gasteiger partial charge on any atom is -0.465 e. The molecule has 3 heterocycles. The number of carbonyl (C=O) groups excluding carboxylic acids is 1. The Kier molecular flexibility index (Phi) is 5.33. The highest BCUT2D eigenvalue weighted by molar-refractivity contribution is 5.98. The Hall–Kier alpha value is -3.71. The van der Waals surface area contributed by atoms with E-state index in [1.54, 1.807) is 6.07 Å². The van der Waals surface area contributed by atoms with Gasteiger partial charge in [0.1, 0.15) is 11.2 Å². The van der Waals surface area contributed by atoms with Gasteiger partial charge in [0.15, 0.2) is 0 Å². The summed E-state index contributed by atoms with van der Waals surface area (Å²) in [7, 11) is 3.55. The van der Waals surface area contributed by atoms with Crippen molar-refractivity contribution >= 4 is 22.7 Å². The Balaban J connectivity index is 1.50. The van der Waals surface area contributed by atoms with Crippen LogP contribution < -0.4 is 4.90 Å². The first-order valence-electron chi connectivity index (χ1n) is 10.7. The number of benzene rings is 2. The molecule has 0 unspecified atom stereocenters. The molecule has 1 aliphatic heterocycles. The maximum absolute atomic E-state index is 12.2. The summed E-state index contributed by atoms with van der Waals surface area (Å²) in [4.78, 5) is 21.8. The summed E-state index contributed by atoms with van der Waals surface area (Å²) in [6, 6.07) is 19.7. The molecule has 1 saturated heterocycles. The average molecular weight is 428 g/mol. The molecule has 162 valence electrons. The highest BCUT2D eigenvalue weighted by Gasteiger charge is 2.17. The van der Waals surface area contributed by atoms with Crippen LogP contribution in [0.3, 0.4) is 0 Å². The van der Waals surface area contributed by atoms with E-state index in [1.807, 2.05) is 30.3 Å². The molecule has 1 fully saturated rings. The molecule has 0 aliphatic carbocycles. The summed E-state index contributed by atoms with van der Waals surface area (Å²) in [6.07, 6.45) is 0. The van der Waals surface area contributed by atoms with Gasteiger partial charge in [-0.2, -0.15) is 5.10 Å². The number of esters is 1. The monoisotopic (exact) mass is 427 g/mol. The van der Waals surface area contributed by atoms with Crippen LogP contribution in [0, 0.1) is 0 Å². The molecule has 0 atom stereocenters. The summed E-state index contributed by atoms with van der Waals surface area (Å²) in [6.45, 7) is 4.22. The molecule has 7 nitrogen and oxygen atoms in total. The maximum atomic E-state index is 12.2. The topological polar surface area (TPSA) is 74.4 Å². The van der Waals surface area contributed by atoms with E-state index in [0.717, 1.165) is 54.0 Å². The zero-order valence-electron chi connectivity index (χ0n) is 18.2. The number of aromatic nitrogens is 3. The molecule has 1 N–H and O–H groups in total. The molecule has 0 saturated carbocycles. The molecule has 2 aromatic heterocycles. The van der Waals surface area contributed by atoms with E-state index in [-0.39, 0.29) is 5.97 Å². The molecular weight excluding hydrogens is 402 g/mol. The Labute approximate surface area is 186 Å². The lowest BCUT2D eigenvalue weighted by Gasteiger charge is -2.34. The first kappa shape index (κ1) is 20.2. The first-order valence-corrected chi connectivity index (χ1v) is 10.7. The van der Waals surface area contributed by atoms with Crippen molar-refractivity contribution in [2.45, 2.75) is 0 Å². The predicted octanol–water partition coefficient (Wildman–Crippen LogP) is 3.83. The van der Waals surface area contributed by atoms with Crippen molar-refractivity contribution in [2.75, 3.05) is 45.2 Å². The third kappa shape index (κ3) is 3.71. The number of piperazine rings is 1. The van der Waals surface area contributed by atoms with Crippen LogP contribution in [0.4, 0.5) is 5.69 Å². The number of methoxy groups -OCH3 is 1. The number of anilines is 1. The number of fused-ring (bicyclic) bond motifs is 1. The Morgan fingerprint density at radius 1 is 0.969 bits per heavy atom. The van der Waals surface area contributed by atoms with Gasteiger partial charge in [-0.15, -0.1) is 0 Å². The molecule has 1 aliphatic rings. The largest absolute Gasteiger partial charge is 0.465 e. The molecular formula is C25H25N5O2. The lowest BCUT2D eigenvalue weighted by Crippen LogP contribution is -2.44. The van der Waals surface area contributed by atoms with Gasteiger partial charge >= 0.3 is 5.97 Å². The molecule has 2 aromatic carbocycles. The minimum atomic E-state index is -0.380. The molecule has 5 rings (SSSR count). The average Bonchev–Trinajstić information content (AvgIpc) is 3.27. The van der Waals surface area contributed by atoms with Crippen LogP contribution >= 0.6 is 0 Å². The highest BCUT2D eigenvalue weighted by Crippen LogP contribution is 2.30. The van der Waals surface area contributed by atoms with E-state index in [2.05, 4.69) is 51.3 Å². The van der Waals surface area contributed by atoms with Crippen molar-refractivity contribution in [3.63, 3.8) is 0 Å². The lowest BCUT2D eigenvalue weighted by molar-refractivity contribution is 0.0601. The molecule has 7 heteroatoms. The van der Waals surface area contributed by atoms with E-state index in [1.165, 1.54) is 12.8 Å². The number of pyridine rings is 1. The van der Waals surface area contributed by atoms with E-state index >= 15 is 0 Å². The van der Waals surface area contributed by atoms with E-state index in [9.17, 15) is 4.79 Å². The van der Waals surface area contributed by atoms with Gasteiger partial charge in [-0.25, -0.2) is 9.78 Å². The van der Waals surface area contributed by atoms with Gasteiger partial charge in [-0.05, 0) is 37.4 Å². The summed E-state index contributed by atoms with van der Waals surface area (Å²) in [5.74, 6) is -0.380. The van der Waals surface area contributed by atoms with Gasteiger partial charge < -0.3 is 14.5 Å². The molecule has 32 heavy (non-hydrogen) atoms. The maximum Gasteiger partial charge on any atom is 0.338 e. The zero-order valence-corrected chi connectivity index (χ0v) is 18.2. The van der Waals surface area contributed by atoms with Gasteiger partial charge in [0.05, 0.1) is 23.9 Å². The Morgan fingerprint density at radius 3 is 2.47 bits per heavy atom. The molecule has 0 bridgehead atoms. The van der Waals surface area contributed by atoms with Crippen molar-refractivity contribution in [3.8, 4) is 22.5 Å². The third-order valence-corrected chi connectivity index (χ3v) is 6.03. The molecule has 0 spiro atoms. The second-order valence-electron chi connectivity index (χ2n) is 8.04.